The molecule has 0 unspecified atom stereocenters. The van der Waals surface area contributed by atoms with Crippen LogP contribution < -0.4 is 5.73 Å². The van der Waals surface area contributed by atoms with Gasteiger partial charge in [0.25, 0.3) is 0 Å². The molecule has 0 atom stereocenters. The monoisotopic (exact) mass is 655 g/mol. The molecule has 0 saturated carbocycles. The van der Waals surface area contributed by atoms with E-state index in [1.165, 1.54) is 16.7 Å². The third kappa shape index (κ3) is 7.82. The molecule has 0 radical (unpaired) electrons. The average Bonchev–Trinajstić information content (AvgIpc) is 2.94. The van der Waals surface area contributed by atoms with Crippen LogP contribution in [-0.2, 0) is 19.3 Å². The van der Waals surface area contributed by atoms with E-state index in [2.05, 4.69) is 133 Å². The van der Waals surface area contributed by atoms with Crippen LogP contribution in [0.4, 0.5) is 5.69 Å². The molecule has 4 rings (SSSR count). The van der Waals surface area contributed by atoms with Crippen LogP contribution in [0.1, 0.15) is 68.6 Å². The molecule has 4 aromatic rings. The van der Waals surface area contributed by atoms with Gasteiger partial charge < -0.3 is 0 Å². The Hall–Kier alpha value is -3.05. The number of nitrogens with two attached hydrogens (primary N) is 1. The Morgan fingerprint density at radius 1 is 0.561 bits per heavy atom. The number of anilines is 1. The van der Waals surface area contributed by atoms with Crippen LogP contribution in [0.5, 0.6) is 0 Å². The summed E-state index contributed by atoms with van der Waals surface area (Å²) in [7, 11) is 0. The maximum absolute atomic E-state index is 14.0. The van der Waals surface area contributed by atoms with Crippen LogP contribution in [0.25, 0.3) is 0 Å². The van der Waals surface area contributed by atoms with Crippen LogP contribution in [-0.4, -0.2) is 24.8 Å². The number of carbonyl (C=O) groups excluding carboxylic acids is 1. The average molecular weight is 654 g/mol. The Labute approximate surface area is 251 Å². The second-order valence-electron chi connectivity index (χ2n) is 13.5. The summed E-state index contributed by atoms with van der Waals surface area (Å²) in [4.78, 5) is 14.0. The summed E-state index contributed by atoms with van der Waals surface area (Å²) < 4.78 is 9.69. The van der Waals surface area contributed by atoms with Gasteiger partial charge in [-0.25, -0.2) is 0 Å². The molecule has 0 heterocycles. The summed E-state index contributed by atoms with van der Waals surface area (Å²) in [6.07, 6.45) is 0. The molecule has 0 aromatic heterocycles. The topological polar surface area (TPSA) is 52.3 Å². The summed E-state index contributed by atoms with van der Waals surface area (Å²) in [5.41, 5.74) is 10.5. The van der Waals surface area contributed by atoms with Gasteiger partial charge in [-0.15, -0.1) is 0 Å². The van der Waals surface area contributed by atoms with E-state index in [9.17, 15) is 4.79 Å². The summed E-state index contributed by atoms with van der Waals surface area (Å²) in [6.45, 7) is 13.9. The molecular weight excluding hydrogens is 609 g/mol. The zero-order valence-corrected chi connectivity index (χ0v) is 28.3. The standard InChI is InChI=1S/3C10H13.C7H7NO2.Sn/c3*1-10(2,3)9-7-5-4-6-8-9;8-6-3-1-5(2-4-6)7(9)10;/h3*4-8H,1H2,2-3H3;1-4H,8H2,(H,9,10);/q;;;;+1/p-1. The van der Waals surface area contributed by atoms with Gasteiger partial charge in [0.05, 0.1) is 0 Å². The Bertz CT molecular complexity index is 1280. The fourth-order valence-corrected chi connectivity index (χ4v) is 25.2. The van der Waals surface area contributed by atoms with Crippen molar-refractivity contribution < 1.29 is 7.87 Å². The SMILES string of the molecule is CC(C)([CH2][Sn]([CH2]C(C)(C)c1ccccc1)([CH2]C(C)(C)c1ccccc1)[O]C(=O)c1ccc(N)cc1)c1ccccc1. The van der Waals surface area contributed by atoms with Gasteiger partial charge in [0.15, 0.2) is 0 Å². The molecule has 0 aliphatic heterocycles. The van der Waals surface area contributed by atoms with Crippen LogP contribution in [0.15, 0.2) is 115 Å². The van der Waals surface area contributed by atoms with E-state index in [1.54, 1.807) is 24.3 Å². The summed E-state index contributed by atoms with van der Waals surface area (Å²) >= 11 is -3.96. The van der Waals surface area contributed by atoms with E-state index in [0.29, 0.717) is 11.3 Å². The van der Waals surface area contributed by atoms with Crippen LogP contribution in [0.2, 0.25) is 13.3 Å². The summed E-state index contributed by atoms with van der Waals surface area (Å²) in [5, 5.41) is 0. The van der Waals surface area contributed by atoms with Gasteiger partial charge in [0, 0.05) is 0 Å². The van der Waals surface area contributed by atoms with E-state index >= 15 is 0 Å². The third-order valence-electron chi connectivity index (χ3n) is 8.41. The predicted molar refractivity (Wildman–Crippen MR) is 175 cm³/mol. The Kier molecular flexibility index (Phi) is 9.38. The van der Waals surface area contributed by atoms with Crippen LogP contribution in [0.3, 0.4) is 0 Å². The minimum absolute atomic E-state index is 0.168. The van der Waals surface area contributed by atoms with E-state index in [-0.39, 0.29) is 22.2 Å². The van der Waals surface area contributed by atoms with Gasteiger partial charge in [-0.2, -0.15) is 0 Å². The van der Waals surface area contributed by atoms with Crippen molar-refractivity contribution in [3.05, 3.63) is 138 Å². The fraction of sp³-hybridized carbons (Fsp3) is 0.324. The molecule has 0 amide bonds. The van der Waals surface area contributed by atoms with Crippen molar-refractivity contribution in [2.24, 2.45) is 0 Å². The molecule has 2 N–H and O–H groups in total. The quantitative estimate of drug-likeness (QED) is 0.130. The van der Waals surface area contributed by atoms with Crippen molar-refractivity contribution in [3.8, 4) is 0 Å². The third-order valence-corrected chi connectivity index (χ3v) is 23.3. The Morgan fingerprint density at radius 2 is 0.878 bits per heavy atom. The van der Waals surface area contributed by atoms with Gasteiger partial charge in [-0.1, -0.05) is 0 Å². The molecular formula is C37H45NO2Sn. The fourth-order valence-electron chi connectivity index (χ4n) is 6.56. The molecule has 0 aliphatic carbocycles. The van der Waals surface area contributed by atoms with Crippen molar-refractivity contribution >= 4 is 30.4 Å². The second-order valence-corrected chi connectivity index (χ2v) is 23.8. The van der Waals surface area contributed by atoms with Gasteiger partial charge in [0.1, 0.15) is 0 Å². The molecule has 0 fully saturated rings. The molecule has 0 bridgehead atoms. The molecule has 4 heteroatoms. The van der Waals surface area contributed by atoms with E-state index in [4.69, 9.17) is 8.81 Å². The van der Waals surface area contributed by atoms with E-state index in [0.717, 1.165) is 13.3 Å². The molecule has 214 valence electrons. The van der Waals surface area contributed by atoms with Crippen molar-refractivity contribution in [3.63, 3.8) is 0 Å². The molecule has 4 aromatic carbocycles. The van der Waals surface area contributed by atoms with Crippen molar-refractivity contribution in [2.45, 2.75) is 71.1 Å². The maximum atomic E-state index is 14.0. The number of rotatable bonds is 11. The number of benzene rings is 4. The summed E-state index contributed by atoms with van der Waals surface area (Å²) in [6, 6.07) is 39.3. The first-order chi connectivity index (χ1) is 19.3. The van der Waals surface area contributed by atoms with Gasteiger partial charge in [-0.05, 0) is 0 Å². The minimum atomic E-state index is -3.96. The summed E-state index contributed by atoms with van der Waals surface area (Å²) in [5.74, 6) is -0.225. The zero-order valence-electron chi connectivity index (χ0n) is 25.5. The predicted octanol–water partition coefficient (Wildman–Crippen LogP) is 9.30. The first-order valence-corrected chi connectivity index (χ1v) is 21.8. The van der Waals surface area contributed by atoms with Gasteiger partial charge >= 0.3 is 253 Å². The second kappa shape index (κ2) is 12.4. The Balaban J connectivity index is 1.86. The van der Waals surface area contributed by atoms with Gasteiger partial charge in [0.2, 0.25) is 0 Å². The molecule has 3 nitrogen and oxygen atoms in total. The number of carbonyl (C=O) groups is 1. The zero-order chi connectivity index (χ0) is 29.7. The van der Waals surface area contributed by atoms with E-state index in [1.807, 2.05) is 0 Å². The normalized spacial score (nSPS) is 12.6. The first-order valence-electron chi connectivity index (χ1n) is 14.6. The molecule has 41 heavy (non-hydrogen) atoms. The van der Waals surface area contributed by atoms with Gasteiger partial charge in [-0.3, -0.25) is 0 Å². The molecule has 0 saturated heterocycles. The Morgan fingerprint density at radius 3 is 1.20 bits per heavy atom. The van der Waals surface area contributed by atoms with Crippen molar-refractivity contribution in [2.75, 3.05) is 5.73 Å². The van der Waals surface area contributed by atoms with E-state index < -0.39 is 18.8 Å². The van der Waals surface area contributed by atoms with Crippen molar-refractivity contribution in [1.82, 2.24) is 0 Å². The first kappa shape index (κ1) is 30.9. The van der Waals surface area contributed by atoms with Crippen LogP contribution in [0, 0.1) is 0 Å². The molecule has 0 spiro atoms. The number of hydrogen-bond acceptors (Lipinski definition) is 3. The number of nitrogen functional groups attached to an aromatic ring is 1. The molecule has 0 aliphatic rings. The van der Waals surface area contributed by atoms with Crippen molar-refractivity contribution in [1.29, 1.82) is 0 Å². The van der Waals surface area contributed by atoms with Crippen LogP contribution >= 0.6 is 0 Å². The number of hydrogen-bond donors (Lipinski definition) is 1.